The van der Waals surface area contributed by atoms with E-state index < -0.39 is 10.9 Å². The number of nitrogens with zero attached hydrogens (tertiary/aromatic N) is 2. The molecule has 2 aromatic rings. The van der Waals surface area contributed by atoms with Gasteiger partial charge in [-0.25, -0.2) is 9.79 Å². The highest BCUT2D eigenvalue weighted by atomic mass is 127. The van der Waals surface area contributed by atoms with Crippen LogP contribution in [0.1, 0.15) is 25.0 Å². The molecule has 1 heterocycles. The Hall–Kier alpha value is -1.73. The molecule has 150 valence electrons. The number of non-ortho nitro benzene ring substituents is 1. The molecule has 0 saturated heterocycles. The molecule has 0 fully saturated rings. The van der Waals surface area contributed by atoms with Gasteiger partial charge in [0.25, 0.3) is 5.69 Å². The van der Waals surface area contributed by atoms with Crippen molar-refractivity contribution < 1.29 is 19.2 Å². The number of nitro groups is 1. The first-order chi connectivity index (χ1) is 13.7. The Morgan fingerprint density at radius 3 is 2.45 bits per heavy atom. The van der Waals surface area contributed by atoms with E-state index in [1.54, 1.807) is 6.08 Å². The van der Waals surface area contributed by atoms with E-state index >= 15 is 0 Å². The van der Waals surface area contributed by atoms with Crippen LogP contribution in [0.15, 0.2) is 41.0 Å². The Morgan fingerprint density at radius 1 is 1.24 bits per heavy atom. The minimum absolute atomic E-state index is 0.00491. The van der Waals surface area contributed by atoms with Crippen molar-refractivity contribution >= 4 is 80.4 Å². The molecule has 0 saturated carbocycles. The summed E-state index contributed by atoms with van der Waals surface area (Å²) in [6.07, 6.45) is 1.66. The van der Waals surface area contributed by atoms with Crippen LogP contribution in [0.5, 0.6) is 5.75 Å². The molecule has 7 nitrogen and oxygen atoms in total. The highest BCUT2D eigenvalue weighted by Gasteiger charge is 2.26. The SMILES string of the molecule is CC(C)Oc1c(I)cc(/C=C2\N=C(c3ccc([N+](=O)[O-])cc3Cl)OC2=O)cc1I. The van der Waals surface area contributed by atoms with Crippen LogP contribution in [0.4, 0.5) is 5.69 Å². The number of cyclic esters (lactones) is 1. The Kier molecular flexibility index (Phi) is 6.79. The Morgan fingerprint density at radius 2 is 1.90 bits per heavy atom. The van der Waals surface area contributed by atoms with Gasteiger partial charge < -0.3 is 9.47 Å². The third-order valence-electron chi connectivity index (χ3n) is 3.69. The number of hydrogen-bond donors (Lipinski definition) is 0. The van der Waals surface area contributed by atoms with E-state index in [2.05, 4.69) is 50.2 Å². The molecule has 0 bridgehead atoms. The first-order valence-electron chi connectivity index (χ1n) is 8.28. The number of hydrogen-bond acceptors (Lipinski definition) is 6. The summed E-state index contributed by atoms with van der Waals surface area (Å²) in [6.45, 7) is 3.91. The van der Waals surface area contributed by atoms with Gasteiger partial charge in [0.2, 0.25) is 5.90 Å². The first kappa shape index (κ1) is 22.0. The highest BCUT2D eigenvalue weighted by molar-refractivity contribution is 14.1. The van der Waals surface area contributed by atoms with Gasteiger partial charge in [-0.3, -0.25) is 10.1 Å². The van der Waals surface area contributed by atoms with E-state index in [9.17, 15) is 14.9 Å². The molecule has 0 unspecified atom stereocenters. The summed E-state index contributed by atoms with van der Waals surface area (Å²) in [5.41, 5.74) is 1.02. The number of carbonyl (C=O) groups excluding carboxylic acids is 1. The molecule has 0 spiro atoms. The first-order valence-corrected chi connectivity index (χ1v) is 10.8. The van der Waals surface area contributed by atoms with Gasteiger partial charge in [-0.15, -0.1) is 0 Å². The number of ether oxygens (including phenoxy) is 2. The van der Waals surface area contributed by atoms with Gasteiger partial charge >= 0.3 is 5.97 Å². The smallest absolute Gasteiger partial charge is 0.363 e. The van der Waals surface area contributed by atoms with Crippen LogP contribution in [0.2, 0.25) is 5.02 Å². The summed E-state index contributed by atoms with van der Waals surface area (Å²) in [5, 5.41) is 10.9. The van der Waals surface area contributed by atoms with Crippen LogP contribution in [0.3, 0.4) is 0 Å². The molecule has 3 rings (SSSR count). The van der Waals surface area contributed by atoms with Crippen molar-refractivity contribution in [2.75, 3.05) is 0 Å². The Balaban J connectivity index is 1.94. The third-order valence-corrected chi connectivity index (χ3v) is 5.61. The maximum Gasteiger partial charge on any atom is 0.363 e. The second kappa shape index (κ2) is 8.96. The van der Waals surface area contributed by atoms with Crippen LogP contribution in [-0.2, 0) is 9.53 Å². The standard InChI is InChI=1S/C19H13ClI2N2O5/c1-9(2)28-17-14(21)5-10(6-15(17)22)7-16-19(25)29-18(23-16)12-4-3-11(24(26)27)8-13(12)20/h3-9H,1-2H3/b16-7-. The van der Waals surface area contributed by atoms with E-state index in [1.807, 2.05) is 26.0 Å². The molecule has 0 aromatic heterocycles. The molecule has 0 aliphatic carbocycles. The topological polar surface area (TPSA) is 91.0 Å². The van der Waals surface area contributed by atoms with Gasteiger partial charge in [0.05, 0.1) is 28.8 Å². The zero-order chi connectivity index (χ0) is 21.3. The lowest BCUT2D eigenvalue weighted by atomic mass is 10.2. The second-order valence-electron chi connectivity index (χ2n) is 6.24. The average molecular weight is 639 g/mol. The number of carbonyl (C=O) groups is 1. The van der Waals surface area contributed by atoms with Crippen LogP contribution < -0.4 is 4.74 Å². The molecule has 29 heavy (non-hydrogen) atoms. The van der Waals surface area contributed by atoms with Gasteiger partial charge in [-0.1, -0.05) is 11.6 Å². The van der Waals surface area contributed by atoms with Crippen LogP contribution in [-0.4, -0.2) is 22.9 Å². The third kappa shape index (κ3) is 5.07. The number of aliphatic imine (C=N–C) groups is 1. The van der Waals surface area contributed by atoms with Crippen LogP contribution >= 0.6 is 56.8 Å². The molecule has 2 aromatic carbocycles. The van der Waals surface area contributed by atoms with Crippen molar-refractivity contribution in [2.24, 2.45) is 4.99 Å². The normalized spacial score (nSPS) is 14.9. The largest absolute Gasteiger partial charge is 0.489 e. The number of esters is 1. The Bertz CT molecular complexity index is 1060. The second-order valence-corrected chi connectivity index (χ2v) is 8.97. The number of halogens is 3. The van der Waals surface area contributed by atoms with Crippen molar-refractivity contribution in [3.8, 4) is 5.75 Å². The van der Waals surface area contributed by atoms with Crippen molar-refractivity contribution in [1.29, 1.82) is 0 Å². The van der Waals surface area contributed by atoms with Gasteiger partial charge in [-0.05, 0) is 88.9 Å². The zero-order valence-corrected chi connectivity index (χ0v) is 20.2. The zero-order valence-electron chi connectivity index (χ0n) is 15.1. The number of benzene rings is 2. The van der Waals surface area contributed by atoms with Crippen LogP contribution in [0, 0.1) is 17.3 Å². The molecule has 10 heteroatoms. The predicted octanol–water partition coefficient (Wildman–Crippen LogP) is 5.59. The molecule has 0 N–H and O–H groups in total. The van der Waals surface area contributed by atoms with E-state index in [0.29, 0.717) is 5.56 Å². The quantitative estimate of drug-likeness (QED) is 0.140. The minimum Gasteiger partial charge on any atom is -0.489 e. The minimum atomic E-state index is -0.623. The van der Waals surface area contributed by atoms with Crippen molar-refractivity contribution in [1.82, 2.24) is 0 Å². The summed E-state index contributed by atoms with van der Waals surface area (Å²) < 4.78 is 12.8. The lowest BCUT2D eigenvalue weighted by molar-refractivity contribution is -0.384. The average Bonchev–Trinajstić information content (AvgIpc) is 2.98. The summed E-state index contributed by atoms with van der Waals surface area (Å²) in [7, 11) is 0. The summed E-state index contributed by atoms with van der Waals surface area (Å²) in [6, 6.07) is 7.63. The van der Waals surface area contributed by atoms with Gasteiger partial charge in [0, 0.05) is 12.1 Å². The Labute approximate surface area is 198 Å². The molecule has 1 aliphatic rings. The number of nitro benzene ring substituents is 1. The molecule has 1 aliphatic heterocycles. The fourth-order valence-corrected chi connectivity index (χ4v) is 4.81. The lowest BCUT2D eigenvalue weighted by Crippen LogP contribution is -2.08. The molecule has 0 amide bonds. The van der Waals surface area contributed by atoms with E-state index in [0.717, 1.165) is 18.5 Å². The summed E-state index contributed by atoms with van der Waals surface area (Å²) in [4.78, 5) is 26.7. The van der Waals surface area contributed by atoms with Crippen LogP contribution in [0.25, 0.3) is 6.08 Å². The van der Waals surface area contributed by atoms with Crippen molar-refractivity contribution in [3.05, 3.63) is 69.4 Å². The maximum absolute atomic E-state index is 12.2. The maximum atomic E-state index is 12.2. The fourth-order valence-electron chi connectivity index (χ4n) is 2.48. The predicted molar refractivity (Wildman–Crippen MR) is 126 cm³/mol. The van der Waals surface area contributed by atoms with E-state index in [1.165, 1.54) is 18.2 Å². The lowest BCUT2D eigenvalue weighted by Gasteiger charge is -2.14. The highest BCUT2D eigenvalue weighted by Crippen LogP contribution is 2.32. The van der Waals surface area contributed by atoms with Crippen molar-refractivity contribution in [2.45, 2.75) is 20.0 Å². The monoisotopic (exact) mass is 638 g/mol. The summed E-state index contributed by atoms with van der Waals surface area (Å²) in [5.74, 6) is 0.173. The van der Waals surface area contributed by atoms with E-state index in [4.69, 9.17) is 21.1 Å². The molecular weight excluding hydrogens is 625 g/mol. The van der Waals surface area contributed by atoms with Gasteiger partial charge in [-0.2, -0.15) is 0 Å². The summed E-state index contributed by atoms with van der Waals surface area (Å²) >= 11 is 10.5. The molecule has 0 atom stereocenters. The number of rotatable bonds is 5. The van der Waals surface area contributed by atoms with E-state index in [-0.39, 0.29) is 28.4 Å². The van der Waals surface area contributed by atoms with Gasteiger partial charge in [0.15, 0.2) is 5.70 Å². The fraction of sp³-hybridized carbons (Fsp3) is 0.158. The van der Waals surface area contributed by atoms with Crippen molar-refractivity contribution in [3.63, 3.8) is 0 Å². The van der Waals surface area contributed by atoms with Gasteiger partial charge in [0.1, 0.15) is 5.75 Å². The molecular formula is C19H13ClI2N2O5. The molecule has 0 radical (unpaired) electrons.